The Balaban J connectivity index is 2.13. The number of carbonyl (C=O) groups is 2. The second kappa shape index (κ2) is 9.25. The van der Waals surface area contributed by atoms with Gasteiger partial charge in [0.25, 0.3) is 0 Å². The lowest BCUT2D eigenvalue weighted by atomic mass is 9.73. The van der Waals surface area contributed by atoms with Gasteiger partial charge < -0.3 is 15.4 Å². The average Bonchev–Trinajstić information content (AvgIpc) is 2.67. The number of thiol groups is 1. The number of carbonyl (C=O) groups excluding carboxylic acids is 2. The van der Waals surface area contributed by atoms with Crippen LogP contribution in [-0.2, 0) is 20.7 Å². The van der Waals surface area contributed by atoms with Gasteiger partial charge in [-0.15, -0.1) is 0 Å². The van der Waals surface area contributed by atoms with Crippen molar-refractivity contribution in [2.24, 2.45) is 5.41 Å². The molecule has 2 N–H and O–H groups in total. The van der Waals surface area contributed by atoms with Crippen molar-refractivity contribution >= 4 is 24.4 Å². The molecule has 1 aliphatic rings. The van der Waals surface area contributed by atoms with Crippen LogP contribution in [0.3, 0.4) is 0 Å². The Labute approximate surface area is 155 Å². The molecule has 1 aromatic rings. The molecule has 0 spiro atoms. The number of amides is 2. The van der Waals surface area contributed by atoms with Crippen LogP contribution in [0, 0.1) is 5.41 Å². The third-order valence-electron chi connectivity index (χ3n) is 5.07. The summed E-state index contributed by atoms with van der Waals surface area (Å²) in [4.78, 5) is 25.3. The zero-order valence-corrected chi connectivity index (χ0v) is 15.9. The van der Waals surface area contributed by atoms with Gasteiger partial charge in [0.1, 0.15) is 6.04 Å². The lowest BCUT2D eigenvalue weighted by molar-refractivity contribution is -0.137. The summed E-state index contributed by atoms with van der Waals surface area (Å²) in [5.41, 5.74) is 0.431. The van der Waals surface area contributed by atoms with E-state index in [1.54, 1.807) is 14.2 Å². The Bertz CT molecular complexity index is 581. The summed E-state index contributed by atoms with van der Waals surface area (Å²) in [6.07, 6.45) is 3.83. The van der Waals surface area contributed by atoms with Gasteiger partial charge in [-0.3, -0.25) is 9.59 Å². The van der Waals surface area contributed by atoms with E-state index in [0.717, 1.165) is 24.8 Å². The first-order valence-corrected chi connectivity index (χ1v) is 9.38. The van der Waals surface area contributed by atoms with Gasteiger partial charge in [-0.25, -0.2) is 0 Å². The van der Waals surface area contributed by atoms with Crippen LogP contribution < -0.4 is 10.6 Å². The van der Waals surface area contributed by atoms with Crippen molar-refractivity contribution in [1.29, 1.82) is 0 Å². The smallest absolute Gasteiger partial charge is 0.242 e. The number of ether oxygens (including phenoxy) is 1. The Hall–Kier alpha value is -1.53. The predicted octanol–water partition coefficient (Wildman–Crippen LogP) is 1.97. The van der Waals surface area contributed by atoms with Crippen molar-refractivity contribution in [2.45, 2.75) is 44.2 Å². The molecular formula is C19H28N2O3S. The molecule has 25 heavy (non-hydrogen) atoms. The predicted molar refractivity (Wildman–Crippen MR) is 102 cm³/mol. The molecule has 0 bridgehead atoms. The molecule has 1 aromatic carbocycles. The number of nitrogens with one attached hydrogen (secondary N) is 2. The van der Waals surface area contributed by atoms with Crippen LogP contribution in [0.15, 0.2) is 30.3 Å². The SMILES string of the molecule is CNC(=O)[C@H](Cc1ccccc1)NC(=O)[C@@]1(CS)CCCC(OC)C1. The van der Waals surface area contributed by atoms with Crippen LogP contribution in [-0.4, -0.2) is 43.9 Å². The summed E-state index contributed by atoms with van der Waals surface area (Å²) in [6.45, 7) is 0. The molecule has 0 aromatic heterocycles. The third kappa shape index (κ3) is 4.98. The van der Waals surface area contributed by atoms with E-state index < -0.39 is 11.5 Å². The molecule has 1 unspecified atom stereocenters. The van der Waals surface area contributed by atoms with E-state index in [2.05, 4.69) is 23.3 Å². The van der Waals surface area contributed by atoms with Crippen molar-refractivity contribution in [3.63, 3.8) is 0 Å². The minimum absolute atomic E-state index is 0.0687. The first-order chi connectivity index (χ1) is 12.0. The normalized spacial score (nSPS) is 24.4. The molecule has 6 heteroatoms. The van der Waals surface area contributed by atoms with Crippen LogP contribution in [0.5, 0.6) is 0 Å². The Morgan fingerprint density at radius 1 is 1.36 bits per heavy atom. The molecule has 0 radical (unpaired) electrons. The Morgan fingerprint density at radius 2 is 2.08 bits per heavy atom. The molecule has 5 nitrogen and oxygen atoms in total. The molecule has 2 amide bonds. The van der Waals surface area contributed by atoms with Crippen molar-refractivity contribution in [3.8, 4) is 0 Å². The molecule has 0 saturated heterocycles. The minimum Gasteiger partial charge on any atom is -0.381 e. The van der Waals surface area contributed by atoms with Crippen LogP contribution in [0.2, 0.25) is 0 Å². The maximum Gasteiger partial charge on any atom is 0.242 e. The van der Waals surface area contributed by atoms with Gasteiger partial charge in [0.05, 0.1) is 11.5 Å². The summed E-state index contributed by atoms with van der Waals surface area (Å²) >= 11 is 4.45. The Kier molecular flexibility index (Phi) is 7.32. The molecule has 0 heterocycles. The number of methoxy groups -OCH3 is 1. The topological polar surface area (TPSA) is 67.4 Å². The van der Waals surface area contributed by atoms with E-state index in [4.69, 9.17) is 4.74 Å². The highest BCUT2D eigenvalue weighted by atomic mass is 32.1. The van der Waals surface area contributed by atoms with Gasteiger partial charge in [-0.2, -0.15) is 12.6 Å². The number of hydrogen-bond acceptors (Lipinski definition) is 4. The van der Waals surface area contributed by atoms with Crippen molar-refractivity contribution < 1.29 is 14.3 Å². The molecule has 1 fully saturated rings. The quantitative estimate of drug-likeness (QED) is 0.648. The molecule has 138 valence electrons. The standard InChI is InChI=1S/C19H28N2O3S/c1-20-17(22)16(11-14-7-4-3-5-8-14)21-18(23)19(13-25)10-6-9-15(12-19)24-2/h3-5,7-8,15-16,25H,6,9-13H2,1-2H3,(H,20,22)(H,21,23)/t15?,16-,19-/m0/s1. The molecule has 2 rings (SSSR count). The number of benzene rings is 1. The molecule has 0 aliphatic heterocycles. The second-order valence-electron chi connectivity index (χ2n) is 6.72. The first kappa shape index (κ1) is 19.8. The molecule has 1 aliphatic carbocycles. The van der Waals surface area contributed by atoms with Crippen LogP contribution in [0.4, 0.5) is 0 Å². The average molecular weight is 365 g/mol. The highest BCUT2D eigenvalue weighted by molar-refractivity contribution is 7.80. The zero-order valence-electron chi connectivity index (χ0n) is 15.0. The van der Waals surface area contributed by atoms with Gasteiger partial charge >= 0.3 is 0 Å². The van der Waals surface area contributed by atoms with E-state index in [1.807, 2.05) is 30.3 Å². The summed E-state index contributed by atoms with van der Waals surface area (Å²) in [7, 11) is 3.27. The van der Waals surface area contributed by atoms with Crippen molar-refractivity contribution in [1.82, 2.24) is 10.6 Å². The van der Waals surface area contributed by atoms with E-state index in [9.17, 15) is 9.59 Å². The van der Waals surface area contributed by atoms with Gasteiger partial charge in [-0.1, -0.05) is 30.3 Å². The molecular weight excluding hydrogens is 336 g/mol. The largest absolute Gasteiger partial charge is 0.381 e. The van der Waals surface area contributed by atoms with Crippen molar-refractivity contribution in [2.75, 3.05) is 19.9 Å². The van der Waals surface area contributed by atoms with E-state index >= 15 is 0 Å². The highest BCUT2D eigenvalue weighted by Crippen LogP contribution is 2.38. The lowest BCUT2D eigenvalue weighted by Crippen LogP contribution is -2.54. The van der Waals surface area contributed by atoms with E-state index in [0.29, 0.717) is 18.6 Å². The number of rotatable bonds is 7. The summed E-state index contributed by atoms with van der Waals surface area (Å²) in [5, 5.41) is 5.61. The van der Waals surface area contributed by atoms with Gasteiger partial charge in [0, 0.05) is 26.3 Å². The third-order valence-corrected chi connectivity index (χ3v) is 5.67. The molecule has 1 saturated carbocycles. The fourth-order valence-electron chi connectivity index (χ4n) is 3.48. The fourth-order valence-corrected chi connectivity index (χ4v) is 3.91. The maximum absolute atomic E-state index is 13.0. The molecule has 3 atom stereocenters. The van der Waals surface area contributed by atoms with E-state index in [-0.39, 0.29) is 17.9 Å². The van der Waals surface area contributed by atoms with Crippen LogP contribution in [0.25, 0.3) is 0 Å². The number of likely N-dealkylation sites (N-methyl/N-ethyl adjacent to an activating group) is 1. The van der Waals surface area contributed by atoms with Crippen LogP contribution >= 0.6 is 12.6 Å². The zero-order chi connectivity index (χ0) is 18.3. The Morgan fingerprint density at radius 3 is 2.68 bits per heavy atom. The maximum atomic E-state index is 13.0. The van der Waals surface area contributed by atoms with Crippen LogP contribution in [0.1, 0.15) is 31.2 Å². The van der Waals surface area contributed by atoms with Gasteiger partial charge in [0.15, 0.2) is 0 Å². The summed E-state index contributed by atoms with van der Waals surface area (Å²) in [5.74, 6) is 0.157. The summed E-state index contributed by atoms with van der Waals surface area (Å²) < 4.78 is 5.47. The minimum atomic E-state index is -0.598. The highest BCUT2D eigenvalue weighted by Gasteiger charge is 2.43. The second-order valence-corrected chi connectivity index (χ2v) is 7.04. The van der Waals surface area contributed by atoms with Gasteiger partial charge in [0.2, 0.25) is 11.8 Å². The lowest BCUT2D eigenvalue weighted by Gasteiger charge is -2.39. The van der Waals surface area contributed by atoms with Crippen molar-refractivity contribution in [3.05, 3.63) is 35.9 Å². The first-order valence-electron chi connectivity index (χ1n) is 8.75. The van der Waals surface area contributed by atoms with E-state index in [1.165, 1.54) is 0 Å². The number of hydrogen-bond donors (Lipinski definition) is 3. The fraction of sp³-hybridized carbons (Fsp3) is 0.579. The van der Waals surface area contributed by atoms with Gasteiger partial charge in [-0.05, 0) is 31.2 Å². The monoisotopic (exact) mass is 364 g/mol. The summed E-state index contributed by atoms with van der Waals surface area (Å²) in [6, 6.07) is 9.10.